The number of para-hydroxylation sites is 2. The summed E-state index contributed by atoms with van der Waals surface area (Å²) in [5.74, 6) is 0. The molecule has 0 bridgehead atoms. The van der Waals surface area contributed by atoms with Crippen LogP contribution in [-0.4, -0.2) is 0 Å². The minimum absolute atomic E-state index is 0.894. The van der Waals surface area contributed by atoms with Gasteiger partial charge in [-0.2, -0.15) is 0 Å². The molecule has 0 saturated carbocycles. The molecule has 206 valence electrons. The Morgan fingerprint density at radius 2 is 1.09 bits per heavy atom. The molecule has 0 aliphatic heterocycles. The zero-order valence-corrected chi connectivity index (χ0v) is 25.1. The Balaban J connectivity index is 1.23. The first-order valence-corrected chi connectivity index (χ1v) is 16.4. The van der Waals surface area contributed by atoms with Gasteiger partial charge >= 0.3 is 0 Å². The molecular formula is C40H23NOS2. The number of thiophene rings is 2. The Morgan fingerprint density at radius 3 is 2.02 bits per heavy atom. The highest BCUT2D eigenvalue weighted by Crippen LogP contribution is 2.48. The van der Waals surface area contributed by atoms with Crippen LogP contribution in [0.25, 0.3) is 73.1 Å². The van der Waals surface area contributed by atoms with Crippen LogP contribution in [0.1, 0.15) is 0 Å². The number of hydrogen-bond donors (Lipinski definition) is 0. The van der Waals surface area contributed by atoms with Crippen molar-refractivity contribution < 1.29 is 4.42 Å². The van der Waals surface area contributed by atoms with Crippen molar-refractivity contribution >= 4 is 113 Å². The van der Waals surface area contributed by atoms with Crippen molar-refractivity contribution in [3.8, 4) is 0 Å². The predicted octanol–water partition coefficient (Wildman–Crippen LogP) is 12.9. The third kappa shape index (κ3) is 3.47. The van der Waals surface area contributed by atoms with Crippen LogP contribution in [0.4, 0.5) is 17.1 Å². The summed E-state index contributed by atoms with van der Waals surface area (Å²) >= 11 is 3.80. The van der Waals surface area contributed by atoms with Gasteiger partial charge in [-0.3, -0.25) is 0 Å². The standard InChI is InChI=1S/C40H23NOS2/c1-2-9-25(10-3-1)41(27-15-17-30-29-12-6-7-13-33(29)42-34(30)23-27)26-16-20-35-32(22-26)39-37(43-35)21-18-31-38-28-11-5-4-8-24(28)14-19-36(38)44-40(31)39/h1-23H. The predicted molar refractivity (Wildman–Crippen MR) is 192 cm³/mol. The Morgan fingerprint density at radius 1 is 0.409 bits per heavy atom. The molecule has 0 aliphatic carbocycles. The average Bonchev–Trinajstić information content (AvgIpc) is 3.76. The van der Waals surface area contributed by atoms with Crippen molar-refractivity contribution in [2.45, 2.75) is 0 Å². The molecule has 0 N–H and O–H groups in total. The number of hydrogen-bond acceptors (Lipinski definition) is 4. The topological polar surface area (TPSA) is 16.4 Å². The lowest BCUT2D eigenvalue weighted by Crippen LogP contribution is -2.09. The van der Waals surface area contributed by atoms with Crippen molar-refractivity contribution in [3.05, 3.63) is 140 Å². The van der Waals surface area contributed by atoms with Crippen LogP contribution in [0.15, 0.2) is 144 Å². The van der Waals surface area contributed by atoms with Crippen molar-refractivity contribution in [2.75, 3.05) is 4.90 Å². The van der Waals surface area contributed by atoms with Crippen LogP contribution >= 0.6 is 22.7 Å². The summed E-state index contributed by atoms with van der Waals surface area (Å²) in [4.78, 5) is 2.34. The zero-order chi connectivity index (χ0) is 28.8. The van der Waals surface area contributed by atoms with Gasteiger partial charge in [-0.1, -0.05) is 72.8 Å². The van der Waals surface area contributed by atoms with Gasteiger partial charge in [-0.25, -0.2) is 0 Å². The molecule has 0 spiro atoms. The van der Waals surface area contributed by atoms with Crippen molar-refractivity contribution in [1.82, 2.24) is 0 Å². The van der Waals surface area contributed by atoms with E-state index >= 15 is 0 Å². The van der Waals surface area contributed by atoms with Gasteiger partial charge in [0.15, 0.2) is 0 Å². The third-order valence-electron chi connectivity index (χ3n) is 8.84. The van der Waals surface area contributed by atoms with Gasteiger partial charge in [0.1, 0.15) is 11.2 Å². The Hall–Kier alpha value is -5.16. The second-order valence-corrected chi connectivity index (χ2v) is 13.4. The van der Waals surface area contributed by atoms with E-state index < -0.39 is 0 Å². The van der Waals surface area contributed by atoms with E-state index in [0.717, 1.165) is 39.0 Å². The van der Waals surface area contributed by atoms with Crippen LogP contribution in [0, 0.1) is 0 Å². The summed E-state index contributed by atoms with van der Waals surface area (Å²) in [7, 11) is 0. The van der Waals surface area contributed by atoms with Gasteiger partial charge in [0.25, 0.3) is 0 Å². The SMILES string of the molecule is c1ccc(N(c2ccc3c(c2)oc2ccccc23)c2ccc3sc4ccc5c(sc6ccc7ccccc7c65)c4c3c2)cc1. The number of fused-ring (bicyclic) bond motifs is 12. The first-order chi connectivity index (χ1) is 21.8. The Kier molecular flexibility index (Phi) is 5.06. The van der Waals surface area contributed by atoms with Gasteiger partial charge in [0.2, 0.25) is 0 Å². The fourth-order valence-corrected chi connectivity index (χ4v) is 9.31. The molecule has 44 heavy (non-hydrogen) atoms. The van der Waals surface area contributed by atoms with Crippen LogP contribution < -0.4 is 4.90 Å². The first kappa shape index (κ1) is 24.3. The maximum atomic E-state index is 6.31. The number of nitrogens with zero attached hydrogens (tertiary/aromatic N) is 1. The van der Waals surface area contributed by atoms with E-state index in [9.17, 15) is 0 Å². The second kappa shape index (κ2) is 9.17. The third-order valence-corrected chi connectivity index (χ3v) is 11.2. The van der Waals surface area contributed by atoms with E-state index in [1.807, 2.05) is 34.8 Å². The normalized spacial score (nSPS) is 12.1. The summed E-state index contributed by atoms with van der Waals surface area (Å²) in [6.45, 7) is 0. The second-order valence-electron chi connectivity index (χ2n) is 11.3. The van der Waals surface area contributed by atoms with Crippen molar-refractivity contribution in [3.63, 3.8) is 0 Å². The lowest BCUT2D eigenvalue weighted by molar-refractivity contribution is 0.669. The molecule has 0 aliphatic rings. The van der Waals surface area contributed by atoms with Crippen LogP contribution in [0.3, 0.4) is 0 Å². The van der Waals surface area contributed by atoms with Crippen LogP contribution in [0.5, 0.6) is 0 Å². The van der Waals surface area contributed by atoms with Crippen molar-refractivity contribution in [1.29, 1.82) is 0 Å². The fraction of sp³-hybridized carbons (Fsp3) is 0. The highest BCUT2D eigenvalue weighted by molar-refractivity contribution is 7.29. The molecule has 0 atom stereocenters. The van der Waals surface area contributed by atoms with Gasteiger partial charge in [-0.05, 0) is 71.4 Å². The minimum Gasteiger partial charge on any atom is -0.456 e. The van der Waals surface area contributed by atoms with Gasteiger partial charge < -0.3 is 9.32 Å². The Bertz CT molecular complexity index is 2730. The Labute approximate surface area is 260 Å². The summed E-state index contributed by atoms with van der Waals surface area (Å²) in [6, 6.07) is 50.3. The largest absolute Gasteiger partial charge is 0.456 e. The lowest BCUT2D eigenvalue weighted by atomic mass is 10.0. The number of anilines is 3. The quantitative estimate of drug-likeness (QED) is 0.201. The van der Waals surface area contributed by atoms with E-state index in [1.54, 1.807) is 0 Å². The van der Waals surface area contributed by atoms with Gasteiger partial charge in [0, 0.05) is 74.2 Å². The molecular weight excluding hydrogens is 575 g/mol. The number of furan rings is 1. The van der Waals surface area contributed by atoms with E-state index in [4.69, 9.17) is 4.42 Å². The number of rotatable bonds is 3. The monoisotopic (exact) mass is 597 g/mol. The summed E-state index contributed by atoms with van der Waals surface area (Å²) < 4.78 is 11.7. The maximum absolute atomic E-state index is 6.31. The lowest BCUT2D eigenvalue weighted by Gasteiger charge is -2.25. The first-order valence-electron chi connectivity index (χ1n) is 14.8. The molecule has 10 rings (SSSR count). The molecule has 3 aromatic heterocycles. The van der Waals surface area contributed by atoms with Gasteiger partial charge in [-0.15, -0.1) is 22.7 Å². The summed E-state index contributed by atoms with van der Waals surface area (Å²) in [5, 5.41) is 10.3. The molecule has 0 fully saturated rings. The molecule has 0 unspecified atom stereocenters. The molecule has 4 heteroatoms. The van der Waals surface area contributed by atoms with E-state index in [1.165, 1.54) is 51.1 Å². The van der Waals surface area contributed by atoms with E-state index in [-0.39, 0.29) is 0 Å². The molecule has 3 heterocycles. The van der Waals surface area contributed by atoms with E-state index in [2.05, 4.69) is 132 Å². The van der Waals surface area contributed by atoms with Crippen molar-refractivity contribution in [2.24, 2.45) is 0 Å². The highest BCUT2D eigenvalue weighted by atomic mass is 32.1. The summed E-state index contributed by atoms with van der Waals surface area (Å²) in [6.07, 6.45) is 0. The molecule has 7 aromatic carbocycles. The zero-order valence-electron chi connectivity index (χ0n) is 23.5. The molecule has 0 saturated heterocycles. The number of benzene rings is 7. The molecule has 10 aromatic rings. The molecule has 0 radical (unpaired) electrons. The highest BCUT2D eigenvalue weighted by Gasteiger charge is 2.19. The van der Waals surface area contributed by atoms with Gasteiger partial charge in [0.05, 0.1) is 0 Å². The minimum atomic E-state index is 0.894. The maximum Gasteiger partial charge on any atom is 0.137 e. The van der Waals surface area contributed by atoms with Crippen LogP contribution in [-0.2, 0) is 0 Å². The van der Waals surface area contributed by atoms with E-state index in [0.29, 0.717) is 0 Å². The average molecular weight is 598 g/mol. The molecule has 0 amide bonds. The smallest absolute Gasteiger partial charge is 0.137 e. The fourth-order valence-electron chi connectivity index (χ4n) is 6.87. The summed E-state index contributed by atoms with van der Waals surface area (Å²) in [5.41, 5.74) is 5.12. The molecule has 2 nitrogen and oxygen atoms in total. The van der Waals surface area contributed by atoms with Crippen LogP contribution in [0.2, 0.25) is 0 Å².